The van der Waals surface area contributed by atoms with Crippen molar-refractivity contribution in [2.45, 2.75) is 12.3 Å². The van der Waals surface area contributed by atoms with E-state index in [4.69, 9.17) is 4.74 Å². The lowest BCUT2D eigenvalue weighted by Crippen LogP contribution is -2.17. The van der Waals surface area contributed by atoms with Gasteiger partial charge >= 0.3 is 5.97 Å². The van der Waals surface area contributed by atoms with Gasteiger partial charge in [0.1, 0.15) is 5.75 Å². The van der Waals surface area contributed by atoms with Crippen LogP contribution in [-0.4, -0.2) is 26.0 Å². The fourth-order valence-electron chi connectivity index (χ4n) is 1.96. The van der Waals surface area contributed by atoms with Crippen LogP contribution in [0.25, 0.3) is 0 Å². The number of ketones is 1. The number of hydrogen-bond acceptors (Lipinski definition) is 4. The average Bonchev–Trinajstić information content (AvgIpc) is 3.17. The molecule has 17 heavy (non-hydrogen) atoms. The number of Topliss-reactive ketones (excluding diaryl/α,β-unsaturated/α-hetero) is 1. The molecule has 0 spiro atoms. The number of carbonyl (C=O) groups excluding carboxylic acids is 2. The molecular formula is C13H14O4. The van der Waals surface area contributed by atoms with Crippen molar-refractivity contribution in [2.24, 2.45) is 5.92 Å². The van der Waals surface area contributed by atoms with Gasteiger partial charge in [-0.3, -0.25) is 4.79 Å². The minimum Gasteiger partial charge on any atom is -0.497 e. The normalized spacial score (nSPS) is 21.8. The fraction of sp³-hybridized carbons (Fsp3) is 0.385. The molecule has 0 heterocycles. The van der Waals surface area contributed by atoms with Crippen molar-refractivity contribution in [1.82, 2.24) is 0 Å². The van der Waals surface area contributed by atoms with Crippen LogP contribution in [0.3, 0.4) is 0 Å². The Kier molecular flexibility index (Phi) is 3.13. The van der Waals surface area contributed by atoms with Gasteiger partial charge < -0.3 is 9.47 Å². The molecule has 0 amide bonds. The molecule has 2 atom stereocenters. The van der Waals surface area contributed by atoms with Gasteiger partial charge in [0.05, 0.1) is 14.2 Å². The van der Waals surface area contributed by atoms with E-state index in [1.165, 1.54) is 7.11 Å². The summed E-state index contributed by atoms with van der Waals surface area (Å²) in [7, 11) is 2.83. The molecule has 90 valence electrons. The van der Waals surface area contributed by atoms with Gasteiger partial charge in [-0.25, -0.2) is 4.79 Å². The van der Waals surface area contributed by atoms with E-state index in [1.54, 1.807) is 7.11 Å². The van der Waals surface area contributed by atoms with E-state index in [0.29, 0.717) is 0 Å². The molecule has 1 fully saturated rings. The summed E-state index contributed by atoms with van der Waals surface area (Å²) in [6.45, 7) is 0. The van der Waals surface area contributed by atoms with Gasteiger partial charge in [-0.15, -0.1) is 0 Å². The molecule has 1 aromatic carbocycles. The smallest absolute Gasteiger partial charge is 0.374 e. The molecule has 1 aliphatic rings. The van der Waals surface area contributed by atoms with Crippen LogP contribution in [0.5, 0.6) is 5.75 Å². The van der Waals surface area contributed by atoms with Crippen molar-refractivity contribution in [2.75, 3.05) is 14.2 Å². The second-order valence-corrected chi connectivity index (χ2v) is 4.08. The molecule has 1 aromatic rings. The standard InChI is InChI=1S/C13H14O4/c1-16-9-5-3-8(4-6-9)10-7-11(10)12(14)13(15)17-2/h3-6,10-11H,7H2,1-2H3/t10-,11?/m0/s1. The first kappa shape index (κ1) is 11.6. The number of hydrogen-bond donors (Lipinski definition) is 0. The summed E-state index contributed by atoms with van der Waals surface area (Å²) in [6.07, 6.45) is 0.722. The van der Waals surface area contributed by atoms with Gasteiger partial charge in [0.25, 0.3) is 0 Å². The molecule has 1 aliphatic carbocycles. The Hall–Kier alpha value is -1.84. The molecule has 4 heteroatoms. The zero-order valence-corrected chi connectivity index (χ0v) is 9.80. The van der Waals surface area contributed by atoms with Crippen LogP contribution in [0.15, 0.2) is 24.3 Å². The van der Waals surface area contributed by atoms with E-state index in [9.17, 15) is 9.59 Å². The maximum absolute atomic E-state index is 11.5. The van der Waals surface area contributed by atoms with Crippen LogP contribution in [0.4, 0.5) is 0 Å². The number of rotatable bonds is 4. The zero-order valence-electron chi connectivity index (χ0n) is 9.80. The summed E-state index contributed by atoms with van der Waals surface area (Å²) >= 11 is 0. The molecule has 1 unspecified atom stereocenters. The van der Waals surface area contributed by atoms with Crippen molar-refractivity contribution in [3.05, 3.63) is 29.8 Å². The molecule has 2 rings (SSSR count). The maximum atomic E-state index is 11.5. The summed E-state index contributed by atoms with van der Waals surface area (Å²) in [4.78, 5) is 22.6. The van der Waals surface area contributed by atoms with Crippen LogP contribution in [0, 0.1) is 5.92 Å². The van der Waals surface area contributed by atoms with E-state index < -0.39 is 11.8 Å². The third-order valence-corrected chi connectivity index (χ3v) is 3.06. The van der Waals surface area contributed by atoms with E-state index in [2.05, 4.69) is 4.74 Å². The molecule has 0 saturated heterocycles. The second-order valence-electron chi connectivity index (χ2n) is 4.08. The number of carbonyl (C=O) groups is 2. The SMILES string of the molecule is COC(=O)C(=O)C1C[C@H]1c1ccc(OC)cc1. The van der Waals surface area contributed by atoms with Gasteiger partial charge in [-0.2, -0.15) is 0 Å². The number of benzene rings is 1. The molecule has 0 aliphatic heterocycles. The first-order valence-corrected chi connectivity index (χ1v) is 5.43. The fourth-order valence-corrected chi connectivity index (χ4v) is 1.96. The van der Waals surface area contributed by atoms with Gasteiger partial charge in [-0.1, -0.05) is 12.1 Å². The highest BCUT2D eigenvalue weighted by atomic mass is 16.5. The lowest BCUT2D eigenvalue weighted by Gasteiger charge is -2.02. The molecule has 0 N–H and O–H groups in total. The molecule has 4 nitrogen and oxygen atoms in total. The van der Waals surface area contributed by atoms with Gasteiger partial charge in [0, 0.05) is 5.92 Å². The number of esters is 1. The summed E-state index contributed by atoms with van der Waals surface area (Å²) in [5, 5.41) is 0. The minimum atomic E-state index is -0.744. The predicted molar refractivity (Wildman–Crippen MR) is 60.9 cm³/mol. The Bertz CT molecular complexity index is 435. The lowest BCUT2D eigenvalue weighted by molar-refractivity contribution is -0.152. The third kappa shape index (κ3) is 2.30. The summed E-state index contributed by atoms with van der Waals surface area (Å²) in [6, 6.07) is 7.56. The summed E-state index contributed by atoms with van der Waals surface area (Å²) in [5.74, 6) is -0.451. The Morgan fingerprint density at radius 2 is 1.82 bits per heavy atom. The highest BCUT2D eigenvalue weighted by Crippen LogP contribution is 2.48. The van der Waals surface area contributed by atoms with Crippen molar-refractivity contribution in [3.8, 4) is 5.75 Å². The molecule has 1 saturated carbocycles. The molecule has 0 radical (unpaired) electrons. The molecular weight excluding hydrogens is 220 g/mol. The van der Waals surface area contributed by atoms with Crippen molar-refractivity contribution >= 4 is 11.8 Å². The Labute approximate surface area is 99.5 Å². The predicted octanol–water partition coefficient (Wildman–Crippen LogP) is 1.54. The first-order valence-electron chi connectivity index (χ1n) is 5.43. The van der Waals surface area contributed by atoms with E-state index >= 15 is 0 Å². The lowest BCUT2D eigenvalue weighted by atomic mass is 10.1. The van der Waals surface area contributed by atoms with Crippen LogP contribution in [0.2, 0.25) is 0 Å². The Morgan fingerprint density at radius 3 is 2.35 bits per heavy atom. The summed E-state index contributed by atoms with van der Waals surface area (Å²) in [5.41, 5.74) is 1.06. The topological polar surface area (TPSA) is 52.6 Å². The quantitative estimate of drug-likeness (QED) is 0.585. The van der Waals surface area contributed by atoms with E-state index in [0.717, 1.165) is 17.7 Å². The maximum Gasteiger partial charge on any atom is 0.374 e. The van der Waals surface area contributed by atoms with Crippen LogP contribution < -0.4 is 4.74 Å². The molecule has 0 aromatic heterocycles. The number of ether oxygens (including phenoxy) is 2. The Balaban J connectivity index is 2.02. The van der Waals surface area contributed by atoms with Gasteiger partial charge in [-0.05, 0) is 30.0 Å². The van der Waals surface area contributed by atoms with Crippen LogP contribution >= 0.6 is 0 Å². The van der Waals surface area contributed by atoms with Crippen LogP contribution in [0.1, 0.15) is 17.9 Å². The molecule has 0 bridgehead atoms. The largest absolute Gasteiger partial charge is 0.497 e. The monoisotopic (exact) mass is 234 g/mol. The first-order chi connectivity index (χ1) is 8.17. The summed E-state index contributed by atoms with van der Waals surface area (Å²) < 4.78 is 9.48. The van der Waals surface area contributed by atoms with Gasteiger partial charge in [0.2, 0.25) is 5.78 Å². The average molecular weight is 234 g/mol. The van der Waals surface area contributed by atoms with E-state index in [-0.39, 0.29) is 11.8 Å². The minimum absolute atomic E-state index is 0.146. The van der Waals surface area contributed by atoms with E-state index in [1.807, 2.05) is 24.3 Å². The van der Waals surface area contributed by atoms with Gasteiger partial charge in [0.15, 0.2) is 0 Å². The van der Waals surface area contributed by atoms with Crippen molar-refractivity contribution < 1.29 is 19.1 Å². The van der Waals surface area contributed by atoms with Crippen LogP contribution in [-0.2, 0) is 14.3 Å². The van der Waals surface area contributed by atoms with Crippen molar-refractivity contribution in [1.29, 1.82) is 0 Å². The highest BCUT2D eigenvalue weighted by molar-refractivity contribution is 6.35. The third-order valence-electron chi connectivity index (χ3n) is 3.06. The second kappa shape index (κ2) is 4.57. The Morgan fingerprint density at radius 1 is 1.18 bits per heavy atom. The van der Waals surface area contributed by atoms with Crippen molar-refractivity contribution in [3.63, 3.8) is 0 Å². The highest BCUT2D eigenvalue weighted by Gasteiger charge is 2.46. The zero-order chi connectivity index (χ0) is 12.4. The number of methoxy groups -OCH3 is 2.